The number of aliphatic hydroxyl groups is 1. The van der Waals surface area contributed by atoms with E-state index in [9.17, 15) is 18.0 Å². The Morgan fingerprint density at radius 3 is 2.56 bits per heavy atom. The minimum Gasteiger partial charge on any atom is -0.480 e. The number of aromatic nitrogens is 1. The number of hydrogen-bond donors (Lipinski definition) is 4. The number of rotatable bonds is 6. The number of carboxylic acids is 1. The normalized spacial score (nSPS) is 13.4. The SMILES string of the molecule is Cc1[nH]c(=O)sc1S(=O)(=O)N[C@H](CCO)C(=O)O. The molecule has 0 fully saturated rings. The molecule has 1 aromatic heterocycles. The highest BCUT2D eigenvalue weighted by atomic mass is 32.2. The molecule has 1 rings (SSSR count). The Morgan fingerprint density at radius 1 is 1.56 bits per heavy atom. The maximum absolute atomic E-state index is 11.9. The Morgan fingerprint density at radius 2 is 2.17 bits per heavy atom. The third kappa shape index (κ3) is 3.38. The third-order valence-corrected chi connectivity index (χ3v) is 5.11. The molecule has 1 aromatic rings. The summed E-state index contributed by atoms with van der Waals surface area (Å²) in [5.74, 6) is -1.40. The van der Waals surface area contributed by atoms with Crippen LogP contribution in [-0.4, -0.2) is 42.2 Å². The van der Waals surface area contributed by atoms with E-state index in [0.29, 0.717) is 11.3 Å². The standard InChI is InChI=1S/C8H12N2O6S2/c1-4-7(17-8(14)9-4)18(15,16)10-5(2-3-11)6(12)13/h5,10-11H,2-3H2,1H3,(H,9,14)(H,12,13)/t5-/m1/s1. The summed E-state index contributed by atoms with van der Waals surface area (Å²) in [5.41, 5.74) is 0.144. The summed E-state index contributed by atoms with van der Waals surface area (Å²) in [6.45, 7) is 0.927. The summed E-state index contributed by atoms with van der Waals surface area (Å²) in [5, 5.41) is 17.4. The van der Waals surface area contributed by atoms with Crippen LogP contribution in [0.2, 0.25) is 0 Å². The molecule has 8 nitrogen and oxygen atoms in total. The molecule has 0 amide bonds. The molecule has 10 heteroatoms. The van der Waals surface area contributed by atoms with Gasteiger partial charge in [-0.1, -0.05) is 11.3 Å². The van der Waals surface area contributed by atoms with Crippen LogP contribution in [0, 0.1) is 6.92 Å². The van der Waals surface area contributed by atoms with Crippen molar-refractivity contribution in [2.24, 2.45) is 0 Å². The summed E-state index contributed by atoms with van der Waals surface area (Å²) in [4.78, 5) is 23.6. The minimum absolute atomic E-state index is 0.144. The Balaban J connectivity index is 3.04. The van der Waals surface area contributed by atoms with Gasteiger partial charge in [-0.05, 0) is 13.3 Å². The van der Waals surface area contributed by atoms with Gasteiger partial charge in [0, 0.05) is 12.3 Å². The average Bonchev–Trinajstić information content (AvgIpc) is 2.57. The number of sulfonamides is 1. The van der Waals surface area contributed by atoms with Gasteiger partial charge in [0.05, 0.1) is 0 Å². The van der Waals surface area contributed by atoms with Gasteiger partial charge in [-0.25, -0.2) is 8.42 Å². The number of carboxylic acid groups (broad SMARTS) is 1. The molecule has 0 aliphatic rings. The highest BCUT2D eigenvalue weighted by molar-refractivity contribution is 7.91. The van der Waals surface area contributed by atoms with Crippen molar-refractivity contribution in [2.75, 3.05) is 6.61 Å². The van der Waals surface area contributed by atoms with Crippen molar-refractivity contribution >= 4 is 27.3 Å². The highest BCUT2D eigenvalue weighted by Crippen LogP contribution is 2.16. The zero-order valence-electron chi connectivity index (χ0n) is 9.34. The van der Waals surface area contributed by atoms with Crippen LogP contribution in [0.15, 0.2) is 9.00 Å². The molecular weight excluding hydrogens is 284 g/mol. The molecule has 0 radical (unpaired) electrons. The van der Waals surface area contributed by atoms with Crippen LogP contribution in [0.1, 0.15) is 12.1 Å². The Labute approximate surface area is 106 Å². The first-order valence-corrected chi connectivity index (χ1v) is 7.13. The molecule has 0 saturated heterocycles. The van der Waals surface area contributed by atoms with Crippen molar-refractivity contribution in [1.82, 2.24) is 9.71 Å². The van der Waals surface area contributed by atoms with Crippen molar-refractivity contribution in [2.45, 2.75) is 23.6 Å². The van der Waals surface area contributed by atoms with Crippen molar-refractivity contribution in [3.8, 4) is 0 Å². The van der Waals surface area contributed by atoms with Crippen LogP contribution >= 0.6 is 11.3 Å². The third-order valence-electron chi connectivity index (χ3n) is 2.04. The number of aliphatic carboxylic acids is 1. The summed E-state index contributed by atoms with van der Waals surface area (Å²) < 4.78 is 25.4. The molecular formula is C8H12N2O6S2. The predicted octanol–water partition coefficient (Wildman–Crippen LogP) is -1.14. The number of aliphatic hydroxyl groups excluding tert-OH is 1. The van der Waals surface area contributed by atoms with Gasteiger partial charge in [0.15, 0.2) is 4.21 Å². The van der Waals surface area contributed by atoms with Crippen LogP contribution in [0.3, 0.4) is 0 Å². The molecule has 102 valence electrons. The first kappa shape index (κ1) is 14.8. The van der Waals surface area contributed by atoms with E-state index < -0.39 is 33.5 Å². The van der Waals surface area contributed by atoms with Gasteiger partial charge in [0.2, 0.25) is 0 Å². The number of thiazole rings is 1. The van der Waals surface area contributed by atoms with Crippen LogP contribution in [0.5, 0.6) is 0 Å². The lowest BCUT2D eigenvalue weighted by Gasteiger charge is -2.12. The maximum atomic E-state index is 11.9. The molecule has 18 heavy (non-hydrogen) atoms. The van der Waals surface area contributed by atoms with Crippen molar-refractivity contribution in [3.63, 3.8) is 0 Å². The number of carbonyl (C=O) groups is 1. The Kier molecular flexibility index (Phi) is 4.62. The van der Waals surface area contributed by atoms with E-state index in [1.165, 1.54) is 6.92 Å². The summed E-state index contributed by atoms with van der Waals surface area (Å²) in [6, 6.07) is -1.43. The predicted molar refractivity (Wildman–Crippen MR) is 63.1 cm³/mol. The van der Waals surface area contributed by atoms with Gasteiger partial charge in [-0.15, -0.1) is 0 Å². The van der Waals surface area contributed by atoms with Gasteiger partial charge >= 0.3 is 10.8 Å². The van der Waals surface area contributed by atoms with E-state index >= 15 is 0 Å². The maximum Gasteiger partial charge on any atom is 0.321 e. The lowest BCUT2D eigenvalue weighted by molar-refractivity contribution is -0.139. The smallest absolute Gasteiger partial charge is 0.321 e. The fourth-order valence-corrected chi connectivity index (χ4v) is 3.79. The van der Waals surface area contributed by atoms with Crippen LogP contribution in [0.4, 0.5) is 0 Å². The number of hydrogen-bond acceptors (Lipinski definition) is 6. The van der Waals surface area contributed by atoms with E-state index in [-0.39, 0.29) is 16.3 Å². The lowest BCUT2D eigenvalue weighted by Crippen LogP contribution is -2.41. The van der Waals surface area contributed by atoms with E-state index in [1.54, 1.807) is 0 Å². The van der Waals surface area contributed by atoms with E-state index in [1.807, 2.05) is 4.72 Å². The fourth-order valence-electron chi connectivity index (χ4n) is 1.25. The quantitative estimate of drug-likeness (QED) is 0.523. The van der Waals surface area contributed by atoms with E-state index in [2.05, 4.69) is 4.98 Å². The van der Waals surface area contributed by atoms with Gasteiger partial charge in [0.25, 0.3) is 10.0 Å². The number of nitrogens with one attached hydrogen (secondary N) is 2. The molecule has 0 saturated carbocycles. The monoisotopic (exact) mass is 296 g/mol. The minimum atomic E-state index is -4.09. The summed E-state index contributed by atoms with van der Waals surface area (Å²) >= 11 is 0.476. The topological polar surface area (TPSA) is 137 Å². The van der Waals surface area contributed by atoms with Crippen LogP contribution in [0.25, 0.3) is 0 Å². The van der Waals surface area contributed by atoms with Crippen LogP contribution < -0.4 is 9.60 Å². The van der Waals surface area contributed by atoms with Gasteiger partial charge in [0.1, 0.15) is 6.04 Å². The molecule has 0 aliphatic heterocycles. The molecule has 1 atom stereocenters. The van der Waals surface area contributed by atoms with Crippen molar-refractivity contribution < 1.29 is 23.4 Å². The fraction of sp³-hybridized carbons (Fsp3) is 0.500. The number of H-pyrrole nitrogens is 1. The summed E-state index contributed by atoms with van der Waals surface area (Å²) in [6.07, 6.45) is -0.257. The average molecular weight is 296 g/mol. The van der Waals surface area contributed by atoms with Gasteiger partial charge < -0.3 is 15.2 Å². The summed E-state index contributed by atoms with van der Waals surface area (Å²) in [7, 11) is -4.09. The molecule has 0 spiro atoms. The zero-order chi connectivity index (χ0) is 13.9. The van der Waals surface area contributed by atoms with E-state index in [4.69, 9.17) is 10.2 Å². The highest BCUT2D eigenvalue weighted by Gasteiger charge is 2.27. The largest absolute Gasteiger partial charge is 0.480 e. The number of aromatic amines is 1. The Bertz CT molecular complexity index is 587. The number of aryl methyl sites for hydroxylation is 1. The van der Waals surface area contributed by atoms with Gasteiger partial charge in [-0.3, -0.25) is 9.59 Å². The first-order chi connectivity index (χ1) is 8.27. The van der Waals surface area contributed by atoms with Crippen molar-refractivity contribution in [1.29, 1.82) is 0 Å². The molecule has 0 aromatic carbocycles. The molecule has 0 bridgehead atoms. The Hall–Kier alpha value is -1.23. The molecule has 4 N–H and O–H groups in total. The van der Waals surface area contributed by atoms with E-state index in [0.717, 1.165) is 0 Å². The second-order valence-corrected chi connectivity index (χ2v) is 6.34. The van der Waals surface area contributed by atoms with Crippen molar-refractivity contribution in [3.05, 3.63) is 15.4 Å². The zero-order valence-corrected chi connectivity index (χ0v) is 11.0. The second-order valence-electron chi connectivity index (χ2n) is 3.45. The second kappa shape index (κ2) is 5.61. The van der Waals surface area contributed by atoms with Gasteiger partial charge in [-0.2, -0.15) is 4.72 Å². The van der Waals surface area contributed by atoms with Crippen LogP contribution in [-0.2, 0) is 14.8 Å². The first-order valence-electron chi connectivity index (χ1n) is 4.83. The molecule has 0 unspecified atom stereocenters. The lowest BCUT2D eigenvalue weighted by atomic mass is 10.2. The molecule has 1 heterocycles. The molecule has 0 aliphatic carbocycles.